The summed E-state index contributed by atoms with van der Waals surface area (Å²) in [6, 6.07) is 1.72. The molecular formula is C13H16F2N2O2S. The molecule has 0 aromatic heterocycles. The van der Waals surface area contributed by atoms with E-state index in [-0.39, 0.29) is 17.0 Å². The molecule has 20 heavy (non-hydrogen) atoms. The number of hydrogen-bond acceptors (Lipinski definition) is 4. The molecule has 2 rings (SSSR count). The van der Waals surface area contributed by atoms with E-state index in [1.165, 1.54) is 0 Å². The zero-order valence-electron chi connectivity index (χ0n) is 11.1. The van der Waals surface area contributed by atoms with Gasteiger partial charge in [0.1, 0.15) is 0 Å². The molecule has 1 aromatic rings. The fraction of sp³-hybridized carbons (Fsp3) is 0.538. The molecule has 0 heterocycles. The van der Waals surface area contributed by atoms with E-state index in [9.17, 15) is 18.9 Å². The molecule has 0 spiro atoms. The Bertz CT molecular complexity index is 513. The average molecular weight is 302 g/mol. The summed E-state index contributed by atoms with van der Waals surface area (Å²) in [6.45, 7) is 2.03. The van der Waals surface area contributed by atoms with Crippen LogP contribution in [0, 0.1) is 21.7 Å². The van der Waals surface area contributed by atoms with E-state index < -0.39 is 22.2 Å². The maximum Gasteiger partial charge on any atom is 0.295 e. The monoisotopic (exact) mass is 302 g/mol. The summed E-state index contributed by atoms with van der Waals surface area (Å²) < 4.78 is 27.1. The van der Waals surface area contributed by atoms with Crippen molar-refractivity contribution < 1.29 is 13.7 Å². The third kappa shape index (κ3) is 3.03. The van der Waals surface area contributed by atoms with Gasteiger partial charge in [-0.25, -0.2) is 8.78 Å². The van der Waals surface area contributed by atoms with Gasteiger partial charge in [0.15, 0.2) is 17.3 Å². The van der Waals surface area contributed by atoms with E-state index in [1.807, 2.05) is 6.92 Å². The van der Waals surface area contributed by atoms with Gasteiger partial charge in [-0.15, -0.1) is 0 Å². The number of benzene rings is 1. The quantitative estimate of drug-likeness (QED) is 0.661. The molecule has 1 aliphatic rings. The SMILES string of the molecule is CCSC1CCCC1Nc1c([N+](=O)[O-])ccc(F)c1F. The molecule has 7 heteroatoms. The van der Waals surface area contributed by atoms with Gasteiger partial charge in [-0.3, -0.25) is 10.1 Å². The van der Waals surface area contributed by atoms with Crippen LogP contribution in [-0.4, -0.2) is 22.0 Å². The second-order valence-electron chi connectivity index (χ2n) is 4.69. The van der Waals surface area contributed by atoms with Crippen LogP contribution in [0.3, 0.4) is 0 Å². The number of rotatable bonds is 5. The number of nitro benzene ring substituents is 1. The number of nitrogens with zero attached hydrogens (tertiary/aromatic N) is 1. The van der Waals surface area contributed by atoms with Crippen molar-refractivity contribution in [3.05, 3.63) is 33.9 Å². The Balaban J connectivity index is 2.28. The van der Waals surface area contributed by atoms with Crippen LogP contribution >= 0.6 is 11.8 Å². The van der Waals surface area contributed by atoms with Crippen LogP contribution in [0.4, 0.5) is 20.2 Å². The number of thioether (sulfide) groups is 1. The second-order valence-corrected chi connectivity index (χ2v) is 6.20. The van der Waals surface area contributed by atoms with E-state index in [1.54, 1.807) is 11.8 Å². The number of halogens is 2. The van der Waals surface area contributed by atoms with Gasteiger partial charge in [-0.1, -0.05) is 13.3 Å². The third-order valence-corrected chi connectivity index (χ3v) is 4.76. The van der Waals surface area contributed by atoms with Crippen molar-refractivity contribution in [2.24, 2.45) is 0 Å². The van der Waals surface area contributed by atoms with Crippen LogP contribution in [0.2, 0.25) is 0 Å². The van der Waals surface area contributed by atoms with Gasteiger partial charge in [0.25, 0.3) is 5.69 Å². The molecule has 1 N–H and O–H groups in total. The first-order valence-corrected chi connectivity index (χ1v) is 7.60. The summed E-state index contributed by atoms with van der Waals surface area (Å²) in [4.78, 5) is 10.2. The van der Waals surface area contributed by atoms with Crippen LogP contribution in [0.15, 0.2) is 12.1 Å². The highest BCUT2D eigenvalue weighted by Gasteiger charge is 2.31. The summed E-state index contributed by atoms with van der Waals surface area (Å²) in [5.74, 6) is -1.32. The minimum atomic E-state index is -1.17. The van der Waals surface area contributed by atoms with Crippen molar-refractivity contribution in [2.45, 2.75) is 37.5 Å². The van der Waals surface area contributed by atoms with Crippen molar-refractivity contribution in [2.75, 3.05) is 11.1 Å². The van der Waals surface area contributed by atoms with Crippen molar-refractivity contribution >= 4 is 23.1 Å². The highest BCUT2D eigenvalue weighted by atomic mass is 32.2. The van der Waals surface area contributed by atoms with Gasteiger partial charge < -0.3 is 5.32 Å². The fourth-order valence-electron chi connectivity index (χ4n) is 2.52. The average Bonchev–Trinajstić information content (AvgIpc) is 2.83. The Morgan fingerprint density at radius 1 is 1.45 bits per heavy atom. The minimum absolute atomic E-state index is 0.0602. The standard InChI is InChI=1S/C13H16F2N2O2S/c1-2-20-11-5-3-4-9(11)16-13-10(17(18)19)7-6-8(14)12(13)15/h6-7,9,11,16H,2-5H2,1H3. The number of nitrogens with one attached hydrogen (secondary N) is 1. The highest BCUT2D eigenvalue weighted by Crippen LogP contribution is 2.36. The maximum atomic E-state index is 13.8. The molecule has 1 aromatic carbocycles. The fourth-order valence-corrected chi connectivity index (χ4v) is 3.72. The van der Waals surface area contributed by atoms with Gasteiger partial charge in [-0.2, -0.15) is 11.8 Å². The largest absolute Gasteiger partial charge is 0.373 e. The van der Waals surface area contributed by atoms with Crippen LogP contribution in [-0.2, 0) is 0 Å². The van der Waals surface area contributed by atoms with Gasteiger partial charge in [-0.05, 0) is 24.7 Å². The van der Waals surface area contributed by atoms with Crippen LogP contribution < -0.4 is 5.32 Å². The lowest BCUT2D eigenvalue weighted by Crippen LogP contribution is -2.27. The summed E-state index contributed by atoms with van der Waals surface area (Å²) in [5.41, 5.74) is -0.750. The Kier molecular flexibility index (Phi) is 4.80. The third-order valence-electron chi connectivity index (χ3n) is 3.43. The van der Waals surface area contributed by atoms with Gasteiger partial charge in [0.2, 0.25) is 0 Å². The zero-order chi connectivity index (χ0) is 14.7. The minimum Gasteiger partial charge on any atom is -0.373 e. The zero-order valence-corrected chi connectivity index (χ0v) is 11.9. The molecule has 0 aliphatic heterocycles. The molecule has 1 fully saturated rings. The van der Waals surface area contributed by atoms with E-state index in [0.29, 0.717) is 0 Å². The smallest absolute Gasteiger partial charge is 0.295 e. The predicted molar refractivity (Wildman–Crippen MR) is 76.2 cm³/mol. The Labute approximate surface area is 120 Å². The highest BCUT2D eigenvalue weighted by molar-refractivity contribution is 7.99. The molecule has 1 saturated carbocycles. The molecule has 4 nitrogen and oxygen atoms in total. The van der Waals surface area contributed by atoms with Gasteiger partial charge in [0, 0.05) is 17.4 Å². The summed E-state index contributed by atoms with van der Waals surface area (Å²) in [5, 5.41) is 14.1. The molecule has 0 amide bonds. The van der Waals surface area contributed by atoms with E-state index in [2.05, 4.69) is 5.32 Å². The first-order valence-electron chi connectivity index (χ1n) is 6.55. The first kappa shape index (κ1) is 15.0. The van der Waals surface area contributed by atoms with Gasteiger partial charge in [0.05, 0.1) is 4.92 Å². The lowest BCUT2D eigenvalue weighted by atomic mass is 10.2. The molecule has 1 aliphatic carbocycles. The van der Waals surface area contributed by atoms with Crippen LogP contribution in [0.5, 0.6) is 0 Å². The van der Waals surface area contributed by atoms with Crippen molar-refractivity contribution in [3.8, 4) is 0 Å². The maximum absolute atomic E-state index is 13.8. The lowest BCUT2D eigenvalue weighted by Gasteiger charge is -2.21. The molecule has 110 valence electrons. The summed E-state index contributed by atoms with van der Waals surface area (Å²) in [7, 11) is 0. The predicted octanol–water partition coefficient (Wildman–Crippen LogP) is 3.96. The number of nitro groups is 1. The number of anilines is 1. The van der Waals surface area contributed by atoms with Crippen molar-refractivity contribution in [1.29, 1.82) is 0 Å². The molecule has 0 bridgehead atoms. The Morgan fingerprint density at radius 2 is 2.20 bits per heavy atom. The van der Waals surface area contributed by atoms with Crippen molar-refractivity contribution in [3.63, 3.8) is 0 Å². The normalized spacial score (nSPS) is 21.9. The van der Waals surface area contributed by atoms with Crippen LogP contribution in [0.1, 0.15) is 26.2 Å². The lowest BCUT2D eigenvalue weighted by molar-refractivity contribution is -0.384. The second kappa shape index (κ2) is 6.39. The molecule has 0 saturated heterocycles. The number of hydrogen-bond donors (Lipinski definition) is 1. The molecule has 2 atom stereocenters. The summed E-state index contributed by atoms with van der Waals surface area (Å²) in [6.07, 6.45) is 2.78. The van der Waals surface area contributed by atoms with E-state index in [4.69, 9.17) is 0 Å². The molecule has 0 radical (unpaired) electrons. The Morgan fingerprint density at radius 3 is 2.85 bits per heavy atom. The van der Waals surface area contributed by atoms with Crippen molar-refractivity contribution in [1.82, 2.24) is 0 Å². The summed E-state index contributed by atoms with van der Waals surface area (Å²) >= 11 is 1.74. The first-order chi connectivity index (χ1) is 9.54. The molecule has 2 unspecified atom stereocenters. The topological polar surface area (TPSA) is 55.2 Å². The Hall–Kier alpha value is -1.37. The van der Waals surface area contributed by atoms with Crippen LogP contribution in [0.25, 0.3) is 0 Å². The molecular weight excluding hydrogens is 286 g/mol. The van der Waals surface area contributed by atoms with Gasteiger partial charge >= 0.3 is 0 Å². The van der Waals surface area contributed by atoms with E-state index >= 15 is 0 Å². The van der Waals surface area contributed by atoms with E-state index in [0.717, 1.165) is 37.1 Å².